The summed E-state index contributed by atoms with van der Waals surface area (Å²) in [5.74, 6) is 1.85. The van der Waals surface area contributed by atoms with Crippen LogP contribution in [0.5, 0.6) is 0 Å². The molecule has 5 nitrogen and oxygen atoms in total. The van der Waals surface area contributed by atoms with Crippen molar-refractivity contribution in [2.24, 2.45) is 0 Å². The summed E-state index contributed by atoms with van der Waals surface area (Å²) in [5, 5.41) is 3.61. The van der Waals surface area contributed by atoms with E-state index < -0.39 is 0 Å². The SMILES string of the molecule is Cc1nc2c(c(NC(C)c3ccc(-c4cncnc4)cc3)n1)CCCC2. The second kappa shape index (κ2) is 7.20. The number of nitrogens with one attached hydrogen (secondary N) is 1. The minimum Gasteiger partial charge on any atom is -0.363 e. The topological polar surface area (TPSA) is 63.6 Å². The first kappa shape index (κ1) is 16.6. The Balaban J connectivity index is 1.55. The van der Waals surface area contributed by atoms with Crippen molar-refractivity contribution >= 4 is 5.82 Å². The summed E-state index contributed by atoms with van der Waals surface area (Å²) in [7, 11) is 0. The average Bonchev–Trinajstić information content (AvgIpc) is 2.68. The van der Waals surface area contributed by atoms with Gasteiger partial charge in [0.2, 0.25) is 0 Å². The largest absolute Gasteiger partial charge is 0.363 e. The van der Waals surface area contributed by atoms with Gasteiger partial charge in [0, 0.05) is 35.3 Å². The van der Waals surface area contributed by atoms with Gasteiger partial charge < -0.3 is 5.32 Å². The Morgan fingerprint density at radius 3 is 2.42 bits per heavy atom. The Hall–Kier alpha value is -2.82. The van der Waals surface area contributed by atoms with E-state index >= 15 is 0 Å². The number of hydrogen-bond donors (Lipinski definition) is 1. The highest BCUT2D eigenvalue weighted by atomic mass is 15.1. The number of aromatic nitrogens is 4. The normalized spacial score (nSPS) is 14.5. The molecule has 0 bridgehead atoms. The number of nitrogens with zero attached hydrogens (tertiary/aromatic N) is 4. The van der Waals surface area contributed by atoms with E-state index in [0.717, 1.165) is 35.6 Å². The molecule has 1 aliphatic rings. The van der Waals surface area contributed by atoms with E-state index in [2.05, 4.69) is 56.4 Å². The number of hydrogen-bond acceptors (Lipinski definition) is 5. The molecule has 0 aliphatic heterocycles. The highest BCUT2D eigenvalue weighted by Gasteiger charge is 2.18. The van der Waals surface area contributed by atoms with Gasteiger partial charge >= 0.3 is 0 Å². The lowest BCUT2D eigenvalue weighted by atomic mass is 9.96. The number of aryl methyl sites for hydroxylation is 2. The van der Waals surface area contributed by atoms with Crippen molar-refractivity contribution in [3.63, 3.8) is 0 Å². The Bertz CT molecular complexity index is 890. The molecule has 0 saturated carbocycles. The van der Waals surface area contributed by atoms with Crippen molar-refractivity contribution in [2.45, 2.75) is 45.6 Å². The van der Waals surface area contributed by atoms with E-state index in [9.17, 15) is 0 Å². The smallest absolute Gasteiger partial charge is 0.133 e. The zero-order valence-corrected chi connectivity index (χ0v) is 15.2. The molecular formula is C21H23N5. The van der Waals surface area contributed by atoms with E-state index in [1.165, 1.54) is 29.7 Å². The zero-order valence-electron chi connectivity index (χ0n) is 15.2. The van der Waals surface area contributed by atoms with E-state index in [4.69, 9.17) is 0 Å². The fourth-order valence-corrected chi connectivity index (χ4v) is 3.54. The highest BCUT2D eigenvalue weighted by molar-refractivity contribution is 5.62. The van der Waals surface area contributed by atoms with Gasteiger partial charge in [0.25, 0.3) is 0 Å². The first-order chi connectivity index (χ1) is 12.7. The second-order valence-corrected chi connectivity index (χ2v) is 6.87. The second-order valence-electron chi connectivity index (χ2n) is 6.87. The van der Waals surface area contributed by atoms with Crippen LogP contribution in [0.3, 0.4) is 0 Å². The number of benzene rings is 1. The van der Waals surface area contributed by atoms with E-state index in [1.807, 2.05) is 19.3 Å². The number of anilines is 1. The molecule has 1 N–H and O–H groups in total. The summed E-state index contributed by atoms with van der Waals surface area (Å²) in [4.78, 5) is 17.5. The fourth-order valence-electron chi connectivity index (χ4n) is 3.54. The molecule has 4 rings (SSSR count). The maximum Gasteiger partial charge on any atom is 0.133 e. The summed E-state index contributed by atoms with van der Waals surface area (Å²) in [6.07, 6.45) is 9.79. The Kier molecular flexibility index (Phi) is 4.61. The zero-order chi connectivity index (χ0) is 17.9. The van der Waals surface area contributed by atoms with Crippen molar-refractivity contribution in [3.05, 3.63) is 65.6 Å². The molecule has 1 aromatic carbocycles. The van der Waals surface area contributed by atoms with Gasteiger partial charge in [-0.25, -0.2) is 19.9 Å². The molecule has 5 heteroatoms. The van der Waals surface area contributed by atoms with E-state index in [-0.39, 0.29) is 6.04 Å². The molecule has 1 unspecified atom stereocenters. The van der Waals surface area contributed by atoms with Crippen LogP contribution in [0.25, 0.3) is 11.1 Å². The van der Waals surface area contributed by atoms with Crippen LogP contribution >= 0.6 is 0 Å². The molecule has 0 amide bonds. The van der Waals surface area contributed by atoms with Crippen LogP contribution in [-0.2, 0) is 12.8 Å². The van der Waals surface area contributed by atoms with E-state index in [0.29, 0.717) is 0 Å². The number of fused-ring (bicyclic) bond motifs is 1. The van der Waals surface area contributed by atoms with Gasteiger partial charge in [-0.15, -0.1) is 0 Å². The summed E-state index contributed by atoms with van der Waals surface area (Å²) < 4.78 is 0. The predicted octanol–water partition coefficient (Wildman–Crippen LogP) is 4.29. The summed E-state index contributed by atoms with van der Waals surface area (Å²) in [6, 6.07) is 8.72. The fraction of sp³-hybridized carbons (Fsp3) is 0.333. The third kappa shape index (κ3) is 3.43. The van der Waals surface area contributed by atoms with Gasteiger partial charge in [0.05, 0.1) is 0 Å². The summed E-state index contributed by atoms with van der Waals surface area (Å²) in [5.41, 5.74) is 5.90. The van der Waals surface area contributed by atoms with Crippen LogP contribution in [0.15, 0.2) is 43.0 Å². The van der Waals surface area contributed by atoms with Gasteiger partial charge in [0.15, 0.2) is 0 Å². The van der Waals surface area contributed by atoms with Gasteiger partial charge in [-0.05, 0) is 50.7 Å². The quantitative estimate of drug-likeness (QED) is 0.764. The minimum absolute atomic E-state index is 0.177. The minimum atomic E-state index is 0.177. The van der Waals surface area contributed by atoms with Crippen LogP contribution in [0.2, 0.25) is 0 Å². The monoisotopic (exact) mass is 345 g/mol. The standard InChI is InChI=1S/C21H23N5/c1-14(16-7-9-17(10-8-16)18-11-22-13-23-12-18)24-21-19-5-3-4-6-20(19)25-15(2)26-21/h7-14H,3-6H2,1-2H3,(H,24,25,26). The Labute approximate surface area is 154 Å². The highest BCUT2D eigenvalue weighted by Crippen LogP contribution is 2.29. The third-order valence-corrected chi connectivity index (χ3v) is 4.95. The van der Waals surface area contributed by atoms with Gasteiger partial charge in [-0.2, -0.15) is 0 Å². The van der Waals surface area contributed by atoms with Crippen LogP contribution in [-0.4, -0.2) is 19.9 Å². The maximum atomic E-state index is 4.68. The summed E-state index contributed by atoms with van der Waals surface area (Å²) >= 11 is 0. The molecule has 0 spiro atoms. The molecule has 132 valence electrons. The molecule has 2 heterocycles. The van der Waals surface area contributed by atoms with Crippen molar-refractivity contribution < 1.29 is 0 Å². The van der Waals surface area contributed by atoms with Crippen LogP contribution < -0.4 is 5.32 Å². The lowest BCUT2D eigenvalue weighted by Crippen LogP contribution is -2.16. The molecule has 0 fully saturated rings. The lowest BCUT2D eigenvalue weighted by molar-refractivity contribution is 0.657. The third-order valence-electron chi connectivity index (χ3n) is 4.95. The molecule has 0 saturated heterocycles. The first-order valence-electron chi connectivity index (χ1n) is 9.19. The Morgan fingerprint density at radius 1 is 0.923 bits per heavy atom. The first-order valence-corrected chi connectivity index (χ1v) is 9.19. The maximum absolute atomic E-state index is 4.68. The van der Waals surface area contributed by atoms with Gasteiger partial charge in [-0.1, -0.05) is 24.3 Å². The molecule has 3 aromatic rings. The van der Waals surface area contributed by atoms with Crippen LogP contribution in [0.1, 0.15) is 48.5 Å². The predicted molar refractivity (Wildman–Crippen MR) is 103 cm³/mol. The molecule has 1 atom stereocenters. The van der Waals surface area contributed by atoms with Gasteiger partial charge in [0.1, 0.15) is 18.0 Å². The number of rotatable bonds is 4. The van der Waals surface area contributed by atoms with Crippen molar-refractivity contribution in [1.29, 1.82) is 0 Å². The van der Waals surface area contributed by atoms with Crippen LogP contribution in [0.4, 0.5) is 5.82 Å². The van der Waals surface area contributed by atoms with Crippen molar-refractivity contribution in [3.8, 4) is 11.1 Å². The molecule has 1 aliphatic carbocycles. The van der Waals surface area contributed by atoms with Crippen LogP contribution in [0, 0.1) is 6.92 Å². The average molecular weight is 345 g/mol. The molecule has 0 radical (unpaired) electrons. The van der Waals surface area contributed by atoms with Crippen molar-refractivity contribution in [1.82, 2.24) is 19.9 Å². The molecule has 2 aromatic heterocycles. The Morgan fingerprint density at radius 2 is 1.65 bits per heavy atom. The molecule has 26 heavy (non-hydrogen) atoms. The van der Waals surface area contributed by atoms with E-state index in [1.54, 1.807) is 6.33 Å². The molecular weight excluding hydrogens is 322 g/mol. The van der Waals surface area contributed by atoms with Gasteiger partial charge in [-0.3, -0.25) is 0 Å². The van der Waals surface area contributed by atoms with Crippen molar-refractivity contribution in [2.75, 3.05) is 5.32 Å². The lowest BCUT2D eigenvalue weighted by Gasteiger charge is -2.22. The summed E-state index contributed by atoms with van der Waals surface area (Å²) in [6.45, 7) is 4.15.